The number of nitrogens with two attached hydrogens (primary N) is 2. The van der Waals surface area contributed by atoms with Crippen molar-refractivity contribution in [1.82, 2.24) is 19.5 Å². The first-order valence-corrected chi connectivity index (χ1v) is 10.4. The van der Waals surface area contributed by atoms with Crippen molar-refractivity contribution >= 4 is 37.9 Å². The highest BCUT2D eigenvalue weighted by atomic mass is 32.2. The fourth-order valence-corrected chi connectivity index (χ4v) is 3.89. The zero-order valence-corrected chi connectivity index (χ0v) is 15.8. The van der Waals surface area contributed by atoms with Crippen LogP contribution in [0.4, 0.5) is 5.82 Å². The second-order valence-electron chi connectivity index (χ2n) is 6.57. The van der Waals surface area contributed by atoms with Gasteiger partial charge in [0, 0.05) is 18.7 Å². The maximum absolute atomic E-state index is 11.2. The van der Waals surface area contributed by atoms with Crippen molar-refractivity contribution < 1.29 is 8.42 Å². The molecule has 4 N–H and O–H groups in total. The minimum absolute atomic E-state index is 0.0320. The number of hydrogen-bond donors (Lipinski definition) is 2. The van der Waals surface area contributed by atoms with Crippen LogP contribution >= 0.6 is 0 Å². The highest BCUT2D eigenvalue weighted by Crippen LogP contribution is 2.31. The van der Waals surface area contributed by atoms with Crippen LogP contribution in [0, 0.1) is 0 Å². The molecular weight excluding hydrogens is 352 g/mol. The SMILES string of the molecule is CCCc1nc2c(N)nc3cccnc3c2n1C(C)CCCS(N)(=O)=O. The number of rotatable bonds is 7. The normalized spacial score (nSPS) is 13.5. The van der Waals surface area contributed by atoms with Gasteiger partial charge in [0.15, 0.2) is 5.82 Å². The minimum Gasteiger partial charge on any atom is -0.382 e. The van der Waals surface area contributed by atoms with Crippen molar-refractivity contribution in [3.05, 3.63) is 24.2 Å². The molecule has 0 aromatic carbocycles. The summed E-state index contributed by atoms with van der Waals surface area (Å²) in [6, 6.07) is 3.74. The van der Waals surface area contributed by atoms with Gasteiger partial charge in [0.25, 0.3) is 0 Å². The second kappa shape index (κ2) is 7.16. The van der Waals surface area contributed by atoms with Crippen LogP contribution < -0.4 is 10.9 Å². The monoisotopic (exact) mass is 376 g/mol. The molecule has 0 aliphatic carbocycles. The molecule has 0 fully saturated rings. The van der Waals surface area contributed by atoms with Gasteiger partial charge in [0.1, 0.15) is 22.4 Å². The van der Waals surface area contributed by atoms with E-state index in [0.717, 1.165) is 35.2 Å². The van der Waals surface area contributed by atoms with E-state index in [-0.39, 0.29) is 11.8 Å². The predicted molar refractivity (Wildman–Crippen MR) is 103 cm³/mol. The predicted octanol–water partition coefficient (Wildman–Crippen LogP) is 2.14. The second-order valence-corrected chi connectivity index (χ2v) is 8.31. The van der Waals surface area contributed by atoms with Gasteiger partial charge in [-0.3, -0.25) is 4.98 Å². The molecule has 0 saturated carbocycles. The van der Waals surface area contributed by atoms with Crippen LogP contribution in [-0.2, 0) is 16.4 Å². The van der Waals surface area contributed by atoms with E-state index in [1.54, 1.807) is 6.20 Å². The number of primary sulfonamides is 1. The average molecular weight is 376 g/mol. The lowest BCUT2D eigenvalue weighted by atomic mass is 10.1. The summed E-state index contributed by atoms with van der Waals surface area (Å²) < 4.78 is 24.6. The number of sulfonamides is 1. The molecule has 0 bridgehead atoms. The molecule has 1 unspecified atom stereocenters. The highest BCUT2D eigenvalue weighted by Gasteiger charge is 2.21. The van der Waals surface area contributed by atoms with E-state index < -0.39 is 10.0 Å². The molecule has 1 atom stereocenters. The standard InChI is InChI=1S/C17H24N6O2S/c1-3-6-13-22-15-16(14-12(21-17(15)18)8-4-9-20-14)23(13)11(2)7-5-10-26(19,24)25/h4,8-9,11H,3,5-7,10H2,1-2H3,(H2,18,21)(H2,19,24,25). The summed E-state index contributed by atoms with van der Waals surface area (Å²) in [5.41, 5.74) is 9.13. The average Bonchev–Trinajstić information content (AvgIpc) is 2.94. The molecule has 140 valence electrons. The van der Waals surface area contributed by atoms with E-state index in [2.05, 4.69) is 28.4 Å². The Kier molecular flexibility index (Phi) is 5.10. The molecule has 3 rings (SSSR count). The third kappa shape index (κ3) is 3.63. The van der Waals surface area contributed by atoms with Crippen LogP contribution in [0.5, 0.6) is 0 Å². The van der Waals surface area contributed by atoms with Crippen LogP contribution in [0.25, 0.3) is 22.1 Å². The maximum Gasteiger partial charge on any atom is 0.209 e. The van der Waals surface area contributed by atoms with Gasteiger partial charge >= 0.3 is 0 Å². The molecule has 3 aromatic rings. The van der Waals surface area contributed by atoms with E-state index in [1.807, 2.05) is 12.1 Å². The Morgan fingerprint density at radius 2 is 2.04 bits per heavy atom. The fourth-order valence-electron chi connectivity index (χ4n) is 3.32. The van der Waals surface area contributed by atoms with Crippen LogP contribution in [0.3, 0.4) is 0 Å². The van der Waals surface area contributed by atoms with Gasteiger partial charge in [0.05, 0.1) is 11.3 Å². The van der Waals surface area contributed by atoms with Gasteiger partial charge in [0.2, 0.25) is 10.0 Å². The first-order valence-electron chi connectivity index (χ1n) is 8.73. The topological polar surface area (TPSA) is 130 Å². The van der Waals surface area contributed by atoms with E-state index in [4.69, 9.17) is 15.9 Å². The van der Waals surface area contributed by atoms with Crippen molar-refractivity contribution in [1.29, 1.82) is 0 Å². The zero-order chi connectivity index (χ0) is 18.9. The number of hydrogen-bond acceptors (Lipinski definition) is 6. The van der Waals surface area contributed by atoms with Gasteiger partial charge in [-0.1, -0.05) is 6.92 Å². The fraction of sp³-hybridized carbons (Fsp3) is 0.471. The molecule has 0 radical (unpaired) electrons. The number of fused-ring (bicyclic) bond motifs is 3. The number of imidazole rings is 1. The Hall–Kier alpha value is -2.26. The molecule has 0 spiro atoms. The summed E-state index contributed by atoms with van der Waals surface area (Å²) in [7, 11) is -3.46. The molecular formula is C17H24N6O2S. The molecule has 3 heterocycles. The molecule has 0 saturated heterocycles. The molecule has 0 aliphatic rings. The number of aryl methyl sites for hydroxylation is 1. The van der Waals surface area contributed by atoms with Gasteiger partial charge in [-0.2, -0.15) is 0 Å². The molecule has 0 aliphatic heterocycles. The lowest BCUT2D eigenvalue weighted by Gasteiger charge is -2.18. The van der Waals surface area contributed by atoms with Crippen LogP contribution in [0.2, 0.25) is 0 Å². The summed E-state index contributed by atoms with van der Waals surface area (Å²) in [5, 5.41) is 5.12. The maximum atomic E-state index is 11.2. The Labute approximate surface area is 152 Å². The molecule has 26 heavy (non-hydrogen) atoms. The largest absolute Gasteiger partial charge is 0.382 e. The van der Waals surface area contributed by atoms with Crippen molar-refractivity contribution in [3.63, 3.8) is 0 Å². The Balaban J connectivity index is 2.13. The number of anilines is 1. The molecule has 9 heteroatoms. The quantitative estimate of drug-likeness (QED) is 0.650. The Bertz CT molecular complexity index is 1040. The molecule has 0 amide bonds. The summed E-state index contributed by atoms with van der Waals surface area (Å²) in [5.74, 6) is 1.26. The summed E-state index contributed by atoms with van der Waals surface area (Å²) in [6.07, 6.45) is 4.60. The lowest BCUT2D eigenvalue weighted by molar-refractivity contribution is 0.491. The van der Waals surface area contributed by atoms with Crippen LogP contribution in [0.1, 0.15) is 45.0 Å². The third-order valence-corrected chi connectivity index (χ3v) is 5.30. The van der Waals surface area contributed by atoms with Gasteiger partial charge < -0.3 is 10.3 Å². The minimum atomic E-state index is -3.46. The van der Waals surface area contributed by atoms with E-state index in [0.29, 0.717) is 24.2 Å². The van der Waals surface area contributed by atoms with E-state index in [1.165, 1.54) is 0 Å². The highest BCUT2D eigenvalue weighted by molar-refractivity contribution is 7.89. The van der Waals surface area contributed by atoms with Crippen molar-refractivity contribution in [2.24, 2.45) is 5.14 Å². The number of nitrogen functional groups attached to an aromatic ring is 1. The van der Waals surface area contributed by atoms with Crippen molar-refractivity contribution in [2.75, 3.05) is 11.5 Å². The first-order chi connectivity index (χ1) is 12.3. The number of nitrogens with zero attached hydrogens (tertiary/aromatic N) is 4. The summed E-state index contributed by atoms with van der Waals surface area (Å²) in [4.78, 5) is 13.6. The molecule has 8 nitrogen and oxygen atoms in total. The van der Waals surface area contributed by atoms with Crippen molar-refractivity contribution in [3.8, 4) is 0 Å². The van der Waals surface area contributed by atoms with Gasteiger partial charge in [-0.15, -0.1) is 0 Å². The zero-order valence-electron chi connectivity index (χ0n) is 15.0. The van der Waals surface area contributed by atoms with E-state index in [9.17, 15) is 8.42 Å². The van der Waals surface area contributed by atoms with E-state index >= 15 is 0 Å². The molecule has 3 aromatic heterocycles. The summed E-state index contributed by atoms with van der Waals surface area (Å²) in [6.45, 7) is 4.14. The lowest BCUT2D eigenvalue weighted by Crippen LogP contribution is -2.18. The van der Waals surface area contributed by atoms with Crippen molar-refractivity contribution in [2.45, 2.75) is 45.6 Å². The Morgan fingerprint density at radius 1 is 1.27 bits per heavy atom. The first kappa shape index (κ1) is 18.5. The van der Waals surface area contributed by atoms with Gasteiger partial charge in [-0.25, -0.2) is 23.5 Å². The van der Waals surface area contributed by atoms with Gasteiger partial charge in [-0.05, 0) is 38.3 Å². The Morgan fingerprint density at radius 3 is 2.73 bits per heavy atom. The number of pyridine rings is 2. The van der Waals surface area contributed by atoms with Crippen LogP contribution in [-0.4, -0.2) is 33.7 Å². The number of aromatic nitrogens is 4. The third-order valence-electron chi connectivity index (χ3n) is 4.44. The summed E-state index contributed by atoms with van der Waals surface area (Å²) >= 11 is 0. The van der Waals surface area contributed by atoms with Crippen LogP contribution in [0.15, 0.2) is 18.3 Å². The smallest absolute Gasteiger partial charge is 0.209 e.